The van der Waals surface area contributed by atoms with Crippen molar-refractivity contribution in [3.63, 3.8) is 0 Å². The van der Waals surface area contributed by atoms with Gasteiger partial charge in [-0.25, -0.2) is 14.7 Å². The van der Waals surface area contributed by atoms with E-state index in [4.69, 9.17) is 34.8 Å². The molecule has 6 aromatic carbocycles. The number of halogens is 2. The van der Waals surface area contributed by atoms with Crippen LogP contribution in [0.1, 0.15) is 23.6 Å². The van der Waals surface area contributed by atoms with Gasteiger partial charge in [0.15, 0.2) is 5.82 Å². The highest BCUT2D eigenvalue weighted by Gasteiger charge is 2.31. The number of hydrogen-bond donors (Lipinski definition) is 0. The molecule has 0 aliphatic heterocycles. The van der Waals surface area contributed by atoms with Gasteiger partial charge in [0.2, 0.25) is 0 Å². The lowest BCUT2D eigenvalue weighted by molar-refractivity contribution is 0.844. The Hall–Kier alpha value is -5.61. The van der Waals surface area contributed by atoms with Crippen molar-refractivity contribution in [3.8, 4) is 33.9 Å². The number of hydrogen-bond acceptors (Lipinski definition) is 2. The van der Waals surface area contributed by atoms with E-state index in [0.29, 0.717) is 21.6 Å². The highest BCUT2D eigenvalue weighted by Crippen LogP contribution is 2.43. The van der Waals surface area contributed by atoms with Crippen molar-refractivity contribution < 1.29 is 0 Å². The lowest BCUT2D eigenvalue weighted by Crippen LogP contribution is -2.33. The van der Waals surface area contributed by atoms with Crippen LogP contribution in [0.5, 0.6) is 0 Å². The van der Waals surface area contributed by atoms with Gasteiger partial charge in [0.1, 0.15) is 0 Å². The van der Waals surface area contributed by atoms with Crippen LogP contribution in [0.3, 0.4) is 0 Å². The molecule has 0 atom stereocenters. The van der Waals surface area contributed by atoms with Crippen molar-refractivity contribution in [2.24, 2.45) is 0 Å². The Labute approximate surface area is 297 Å². The topological polar surface area (TPSA) is 21.1 Å². The van der Waals surface area contributed by atoms with Crippen molar-refractivity contribution in [3.05, 3.63) is 203 Å². The minimum absolute atomic E-state index is 0.585. The Morgan fingerprint density at radius 2 is 1.06 bits per heavy atom. The van der Waals surface area contributed by atoms with Crippen LogP contribution >= 0.6 is 23.2 Å². The first-order valence-corrected chi connectivity index (χ1v) is 16.8. The average molecular weight is 675 g/mol. The normalized spacial score (nSPS) is 11.6. The van der Waals surface area contributed by atoms with Gasteiger partial charge >= 0.3 is 0 Å². The maximum Gasteiger partial charge on any atom is 0.162 e. The summed E-state index contributed by atoms with van der Waals surface area (Å²) in [7, 11) is 0. The van der Waals surface area contributed by atoms with Crippen LogP contribution in [0.4, 0.5) is 0 Å². The van der Waals surface area contributed by atoms with Gasteiger partial charge in [-0.2, -0.15) is 0 Å². The van der Waals surface area contributed by atoms with Gasteiger partial charge in [0.25, 0.3) is 0 Å². The summed E-state index contributed by atoms with van der Waals surface area (Å²) in [5.74, 6) is 0.658. The Morgan fingerprint density at radius 3 is 1.65 bits per heavy atom. The summed E-state index contributed by atoms with van der Waals surface area (Å²) < 4.78 is 2.17. The molecule has 0 radical (unpaired) electrons. The summed E-state index contributed by atoms with van der Waals surface area (Å²) in [5.41, 5.74) is 9.91. The molecule has 1 heterocycles. The van der Waals surface area contributed by atoms with Crippen molar-refractivity contribution in [1.82, 2.24) is 9.66 Å². The molecule has 49 heavy (non-hydrogen) atoms. The summed E-state index contributed by atoms with van der Waals surface area (Å²) in [6.45, 7) is 6.93. The molecular formula is C44H33Cl2N3. The second kappa shape index (κ2) is 14.2. The van der Waals surface area contributed by atoms with Crippen molar-refractivity contribution >= 4 is 40.2 Å². The fourth-order valence-electron chi connectivity index (χ4n) is 6.16. The molecule has 238 valence electrons. The molecular weight excluding hydrogens is 641 g/mol. The fraction of sp³-hybridized carbons (Fsp3) is 0.0227. The Bertz CT molecular complexity index is 2260. The first-order chi connectivity index (χ1) is 24.0. The molecule has 5 heteroatoms. The smallest absolute Gasteiger partial charge is 0.162 e. The van der Waals surface area contributed by atoms with E-state index in [-0.39, 0.29) is 0 Å². The van der Waals surface area contributed by atoms with Crippen LogP contribution in [-0.4, -0.2) is 9.66 Å². The van der Waals surface area contributed by atoms with Crippen molar-refractivity contribution in [2.75, 3.05) is 5.01 Å². The largest absolute Gasteiger partial charge is 0.247 e. The zero-order valence-corrected chi connectivity index (χ0v) is 28.5. The predicted molar refractivity (Wildman–Crippen MR) is 208 cm³/mol. The lowest BCUT2D eigenvalue weighted by Gasteiger charge is -2.35. The number of imidazole rings is 1. The number of benzene rings is 6. The molecule has 7 aromatic rings. The van der Waals surface area contributed by atoms with E-state index in [0.717, 1.165) is 56.0 Å². The SMILES string of the molecule is C=C(c1ccccc1Cl)N(/C(=C(\C)c1ccccc1)c1ccccc1)n1c(-c2ccccc2Cl)nc(-c2ccccc2)c1-c1ccccc1. The van der Waals surface area contributed by atoms with Gasteiger partial charge in [0, 0.05) is 32.8 Å². The van der Waals surface area contributed by atoms with E-state index < -0.39 is 0 Å². The monoisotopic (exact) mass is 673 g/mol. The van der Waals surface area contributed by atoms with E-state index in [1.807, 2.05) is 97.1 Å². The Balaban J connectivity index is 1.68. The van der Waals surface area contributed by atoms with Crippen LogP contribution in [0, 0.1) is 0 Å². The van der Waals surface area contributed by atoms with Crippen LogP contribution in [0.25, 0.3) is 50.9 Å². The Morgan fingerprint density at radius 1 is 0.571 bits per heavy atom. The zero-order chi connectivity index (χ0) is 33.7. The second-order valence-corrected chi connectivity index (χ2v) is 12.4. The fourth-order valence-corrected chi connectivity index (χ4v) is 6.62. The number of aromatic nitrogens is 2. The molecule has 1 aromatic heterocycles. The molecule has 0 N–H and O–H groups in total. The van der Waals surface area contributed by atoms with Crippen LogP contribution < -0.4 is 5.01 Å². The highest BCUT2D eigenvalue weighted by atomic mass is 35.5. The second-order valence-electron chi connectivity index (χ2n) is 11.6. The molecule has 0 aliphatic carbocycles. The number of nitrogens with zero attached hydrogens (tertiary/aromatic N) is 3. The minimum atomic E-state index is 0.585. The summed E-state index contributed by atoms with van der Waals surface area (Å²) in [6.07, 6.45) is 0. The molecule has 0 amide bonds. The summed E-state index contributed by atoms with van der Waals surface area (Å²) in [6, 6.07) is 57.1. The molecule has 0 saturated heterocycles. The van der Waals surface area contributed by atoms with Gasteiger partial charge in [-0.05, 0) is 36.3 Å². The van der Waals surface area contributed by atoms with Gasteiger partial charge in [-0.15, -0.1) is 0 Å². The van der Waals surface area contributed by atoms with E-state index in [2.05, 4.69) is 89.4 Å². The van der Waals surface area contributed by atoms with E-state index in [1.165, 1.54) is 0 Å². The molecule has 0 fully saturated rings. The molecule has 0 spiro atoms. The quantitative estimate of drug-likeness (QED) is 0.142. The van der Waals surface area contributed by atoms with E-state index >= 15 is 0 Å². The van der Waals surface area contributed by atoms with Crippen LogP contribution in [0.2, 0.25) is 10.0 Å². The van der Waals surface area contributed by atoms with E-state index in [1.54, 1.807) is 0 Å². The minimum Gasteiger partial charge on any atom is -0.247 e. The summed E-state index contributed by atoms with van der Waals surface area (Å²) in [5, 5.41) is 3.34. The molecule has 0 saturated carbocycles. The molecule has 0 aliphatic rings. The lowest BCUT2D eigenvalue weighted by atomic mass is 9.99. The standard InChI is InChI=1S/C44H33Cl2N3/c1-31(33-19-7-3-8-20-33)42(35-23-11-5-12-24-35)48(32(2)37-27-15-17-29-39(37)45)49-43(36-25-13-6-14-26-36)41(34-21-9-4-10-22-34)47-44(49)38-28-16-18-30-40(38)46/h3-30H,2H2,1H3/b42-31+. The predicted octanol–water partition coefficient (Wildman–Crippen LogP) is 12.4. The third-order valence-electron chi connectivity index (χ3n) is 8.53. The van der Waals surface area contributed by atoms with Crippen molar-refractivity contribution in [1.29, 1.82) is 0 Å². The molecule has 0 unspecified atom stereocenters. The number of allylic oxidation sites excluding steroid dienone is 1. The summed E-state index contributed by atoms with van der Waals surface area (Å²) >= 11 is 14.0. The van der Waals surface area contributed by atoms with Crippen LogP contribution in [-0.2, 0) is 0 Å². The van der Waals surface area contributed by atoms with Crippen LogP contribution in [0.15, 0.2) is 176 Å². The number of rotatable bonds is 9. The maximum absolute atomic E-state index is 7.04. The van der Waals surface area contributed by atoms with Gasteiger partial charge in [-0.1, -0.05) is 181 Å². The zero-order valence-electron chi connectivity index (χ0n) is 27.0. The molecule has 3 nitrogen and oxygen atoms in total. The molecule has 7 rings (SSSR count). The van der Waals surface area contributed by atoms with Crippen molar-refractivity contribution in [2.45, 2.75) is 6.92 Å². The molecule has 0 bridgehead atoms. The Kier molecular flexibility index (Phi) is 9.29. The first-order valence-electron chi connectivity index (χ1n) is 16.1. The average Bonchev–Trinajstić information content (AvgIpc) is 3.55. The third-order valence-corrected chi connectivity index (χ3v) is 9.18. The summed E-state index contributed by atoms with van der Waals surface area (Å²) in [4.78, 5) is 5.46. The van der Waals surface area contributed by atoms with Gasteiger partial charge in [0.05, 0.1) is 27.8 Å². The first kappa shape index (κ1) is 32.0. The maximum atomic E-state index is 7.04. The van der Waals surface area contributed by atoms with Gasteiger partial charge < -0.3 is 0 Å². The van der Waals surface area contributed by atoms with E-state index in [9.17, 15) is 0 Å². The third kappa shape index (κ3) is 6.35. The van der Waals surface area contributed by atoms with Gasteiger partial charge in [-0.3, -0.25) is 0 Å². The highest BCUT2D eigenvalue weighted by molar-refractivity contribution is 6.33.